The zero-order chi connectivity index (χ0) is 26.2. The number of carbonyl (C=O) groups excluding carboxylic acids is 2. The average Bonchev–Trinajstić information content (AvgIpc) is 2.79. The van der Waals surface area contributed by atoms with Crippen LogP contribution in [0.2, 0.25) is 0 Å². The van der Waals surface area contributed by atoms with Crippen molar-refractivity contribution in [3.8, 4) is 0 Å². The van der Waals surface area contributed by atoms with E-state index in [9.17, 15) is 26.4 Å². The molecule has 0 fully saturated rings. The Bertz CT molecular complexity index is 1260. The predicted octanol–water partition coefficient (Wildman–Crippen LogP) is 3.57. The predicted molar refractivity (Wildman–Crippen MR) is 131 cm³/mol. The van der Waals surface area contributed by atoms with E-state index >= 15 is 0 Å². The average molecular weight is 523 g/mol. The second kappa shape index (κ2) is 12.1. The Balaban J connectivity index is 2.55. The number of carbonyl (C=O) groups is 2. The topological polar surface area (TPSA) is 121 Å². The molecule has 2 aromatic carbocycles. The summed E-state index contributed by atoms with van der Waals surface area (Å²) >= 11 is 0. The first-order valence-corrected chi connectivity index (χ1v) is 14.2. The van der Waals surface area contributed by atoms with Crippen LogP contribution < -0.4 is 0 Å². The Morgan fingerprint density at radius 3 is 1.63 bits per heavy atom. The van der Waals surface area contributed by atoms with Crippen LogP contribution in [0.25, 0.3) is 0 Å². The minimum Gasteiger partial charge on any atom is -0.465 e. The fourth-order valence-electron chi connectivity index (χ4n) is 3.15. The molecule has 0 unspecified atom stereocenters. The van der Waals surface area contributed by atoms with Crippen LogP contribution in [0.4, 0.5) is 0 Å². The Labute approximate surface area is 206 Å². The van der Waals surface area contributed by atoms with E-state index in [2.05, 4.69) is 0 Å². The molecule has 8 nitrogen and oxygen atoms in total. The van der Waals surface area contributed by atoms with Crippen molar-refractivity contribution in [3.05, 3.63) is 70.6 Å². The van der Waals surface area contributed by atoms with Crippen molar-refractivity contribution in [3.63, 3.8) is 0 Å². The molecule has 2 rings (SSSR count). The largest absolute Gasteiger partial charge is 0.465 e. The van der Waals surface area contributed by atoms with Crippen LogP contribution >= 0.6 is 0 Å². The summed E-state index contributed by atoms with van der Waals surface area (Å²) in [5, 5.41) is 0. The highest BCUT2D eigenvalue weighted by Gasteiger charge is 2.32. The molecule has 0 spiro atoms. The number of hydrogen-bond acceptors (Lipinski definition) is 8. The van der Waals surface area contributed by atoms with Gasteiger partial charge in [-0.3, -0.25) is 9.59 Å². The molecule has 0 aliphatic carbocycles. The zero-order valence-electron chi connectivity index (χ0n) is 20.2. The van der Waals surface area contributed by atoms with Gasteiger partial charge in [-0.1, -0.05) is 41.5 Å². The summed E-state index contributed by atoms with van der Waals surface area (Å²) in [4.78, 5) is 24.1. The first-order chi connectivity index (χ1) is 16.4. The normalized spacial score (nSPS) is 12.4. The van der Waals surface area contributed by atoms with Gasteiger partial charge in [0.2, 0.25) is 9.84 Å². The van der Waals surface area contributed by atoms with Crippen molar-refractivity contribution in [1.82, 2.24) is 0 Å². The molecule has 190 valence electrons. The summed E-state index contributed by atoms with van der Waals surface area (Å²) in [6.45, 7) is 6.74. The molecule has 0 bridgehead atoms. The first kappa shape index (κ1) is 28.3. The van der Waals surface area contributed by atoms with Gasteiger partial charge in [0.05, 0.1) is 33.7 Å². The van der Waals surface area contributed by atoms with Gasteiger partial charge in [0, 0.05) is 0 Å². The maximum absolute atomic E-state index is 13.4. The van der Waals surface area contributed by atoms with Crippen LogP contribution in [0.15, 0.2) is 69.3 Å². The fraction of sp³-hybridized carbons (Fsp3) is 0.360. The molecule has 0 N–H and O–H groups in total. The Hall–Kier alpha value is -2.98. The minimum absolute atomic E-state index is 0.00871. The van der Waals surface area contributed by atoms with Gasteiger partial charge in [-0.15, -0.1) is 0 Å². The molecule has 0 aliphatic rings. The summed E-state index contributed by atoms with van der Waals surface area (Å²) in [6.07, 6.45) is 0.695. The highest BCUT2D eigenvalue weighted by molar-refractivity contribution is 7.98. The quantitative estimate of drug-likeness (QED) is 0.324. The number of benzene rings is 2. The number of hydrogen-bond donors (Lipinski definition) is 0. The Morgan fingerprint density at radius 1 is 0.771 bits per heavy atom. The molecule has 0 aromatic heterocycles. The van der Waals surface area contributed by atoms with Crippen LogP contribution in [-0.4, -0.2) is 47.7 Å². The molecule has 0 saturated heterocycles. The lowest BCUT2D eigenvalue weighted by atomic mass is 10.1. The Kier molecular flexibility index (Phi) is 9.79. The van der Waals surface area contributed by atoms with E-state index in [0.29, 0.717) is 0 Å². The number of ether oxygens (including phenoxy) is 2. The van der Waals surface area contributed by atoms with E-state index in [1.54, 1.807) is 52.0 Å². The second-order valence-corrected chi connectivity index (χ2v) is 11.8. The Morgan fingerprint density at radius 2 is 1.20 bits per heavy atom. The molecule has 0 radical (unpaired) electrons. The van der Waals surface area contributed by atoms with Gasteiger partial charge in [0.1, 0.15) is 0 Å². The molecule has 0 aliphatic heterocycles. The summed E-state index contributed by atoms with van der Waals surface area (Å²) in [5.74, 6) is -4.03. The molecular formula is C25H30O8S2. The lowest BCUT2D eigenvalue weighted by Crippen LogP contribution is -2.28. The third kappa shape index (κ3) is 7.50. The molecule has 0 amide bonds. The lowest BCUT2D eigenvalue weighted by Gasteiger charge is -2.15. The van der Waals surface area contributed by atoms with E-state index in [-0.39, 0.29) is 23.0 Å². The fourth-order valence-corrected chi connectivity index (χ4v) is 6.56. The maximum Gasteiger partial charge on any atom is 0.320 e. The van der Waals surface area contributed by atoms with Crippen molar-refractivity contribution in [2.45, 2.75) is 43.9 Å². The summed E-state index contributed by atoms with van der Waals surface area (Å²) in [7, 11) is -8.33. The SMILES string of the molecule is CCOC(=O)C(C/C=C(\CS(=O)(=O)c1ccc(C)cc1)S(=O)(=O)c1ccc(C)cc1)C(=O)OCC. The summed E-state index contributed by atoms with van der Waals surface area (Å²) < 4.78 is 63.0. The van der Waals surface area contributed by atoms with Gasteiger partial charge in [-0.25, -0.2) is 16.8 Å². The monoisotopic (exact) mass is 522 g/mol. The molecule has 0 saturated carbocycles. The van der Waals surface area contributed by atoms with Gasteiger partial charge < -0.3 is 9.47 Å². The van der Waals surface area contributed by atoms with Gasteiger partial charge in [0.25, 0.3) is 0 Å². The van der Waals surface area contributed by atoms with Crippen molar-refractivity contribution >= 4 is 31.6 Å². The van der Waals surface area contributed by atoms with Gasteiger partial charge in [-0.05, 0) is 58.4 Å². The van der Waals surface area contributed by atoms with Crippen LogP contribution in [-0.2, 0) is 38.7 Å². The third-order valence-corrected chi connectivity index (χ3v) is 8.87. The molecule has 35 heavy (non-hydrogen) atoms. The summed E-state index contributed by atoms with van der Waals surface area (Å²) in [5.41, 5.74) is 1.67. The maximum atomic E-state index is 13.4. The number of esters is 2. The van der Waals surface area contributed by atoms with E-state index in [0.717, 1.165) is 17.2 Å². The second-order valence-electron chi connectivity index (χ2n) is 7.85. The lowest BCUT2D eigenvalue weighted by molar-refractivity contribution is -0.161. The van der Waals surface area contributed by atoms with Crippen molar-refractivity contribution in [1.29, 1.82) is 0 Å². The van der Waals surface area contributed by atoms with Crippen LogP contribution in [0.5, 0.6) is 0 Å². The third-order valence-electron chi connectivity index (χ3n) is 5.11. The standard InChI is InChI=1S/C25H30O8S2/c1-5-32-24(26)23(25(27)33-6-2)16-15-22(35(30,31)21-13-9-19(4)10-14-21)17-34(28,29)20-11-7-18(3)8-12-20/h7-15,23H,5-6,16-17H2,1-4H3/b22-15+. The van der Waals surface area contributed by atoms with E-state index in [1.165, 1.54) is 24.3 Å². The van der Waals surface area contributed by atoms with Gasteiger partial charge in [0.15, 0.2) is 15.8 Å². The van der Waals surface area contributed by atoms with Crippen LogP contribution in [0, 0.1) is 19.8 Å². The van der Waals surface area contributed by atoms with Crippen LogP contribution in [0.1, 0.15) is 31.4 Å². The molecular weight excluding hydrogens is 492 g/mol. The molecule has 10 heteroatoms. The van der Waals surface area contributed by atoms with Gasteiger partial charge >= 0.3 is 11.9 Å². The van der Waals surface area contributed by atoms with Gasteiger partial charge in [-0.2, -0.15) is 0 Å². The summed E-state index contributed by atoms with van der Waals surface area (Å²) in [6, 6.07) is 12.0. The highest BCUT2D eigenvalue weighted by atomic mass is 32.2. The van der Waals surface area contributed by atoms with Crippen LogP contribution in [0.3, 0.4) is 0 Å². The molecule has 2 aromatic rings. The smallest absolute Gasteiger partial charge is 0.320 e. The number of rotatable bonds is 11. The van der Waals surface area contributed by atoms with E-state index in [4.69, 9.17) is 9.47 Å². The minimum atomic E-state index is -4.26. The van der Waals surface area contributed by atoms with E-state index < -0.39 is 54.6 Å². The van der Waals surface area contributed by atoms with Crippen molar-refractivity contribution in [2.75, 3.05) is 19.0 Å². The zero-order valence-corrected chi connectivity index (χ0v) is 21.8. The molecule has 0 heterocycles. The van der Waals surface area contributed by atoms with Crippen molar-refractivity contribution in [2.24, 2.45) is 5.92 Å². The van der Waals surface area contributed by atoms with Crippen molar-refractivity contribution < 1.29 is 35.9 Å². The van der Waals surface area contributed by atoms with E-state index in [1.807, 2.05) is 0 Å². The first-order valence-electron chi connectivity index (χ1n) is 11.1. The highest BCUT2D eigenvalue weighted by Crippen LogP contribution is 2.26. The number of allylic oxidation sites excluding steroid dienone is 1. The molecule has 0 atom stereocenters. The number of sulfone groups is 2. The number of aryl methyl sites for hydroxylation is 2.